The van der Waals surface area contributed by atoms with Crippen LogP contribution >= 0.6 is 35.3 Å². The zero-order valence-electron chi connectivity index (χ0n) is 13.9. The van der Waals surface area contributed by atoms with Crippen molar-refractivity contribution in [2.24, 2.45) is 4.99 Å². The second-order valence-electron chi connectivity index (χ2n) is 5.63. The van der Waals surface area contributed by atoms with Crippen LogP contribution in [0.25, 0.3) is 0 Å². The Balaban J connectivity index is 0.00000208. The van der Waals surface area contributed by atoms with Crippen molar-refractivity contribution in [3.63, 3.8) is 0 Å². The molecule has 0 bridgehead atoms. The molecule has 0 aliphatic carbocycles. The lowest BCUT2D eigenvalue weighted by atomic mass is 10.3. The molecule has 1 aliphatic heterocycles. The standard InChI is InChI=1S/C17H23N5S.HI/c1-18-17(21-12-15-6-9-23-13-15)20-11-14-4-5-16(19-10-14)22-7-2-3-8-22;/h4-6,9-10,13H,2-3,7-8,11-12H2,1H3,(H2,18,20,21);1H. The van der Waals surface area contributed by atoms with Gasteiger partial charge in [-0.3, -0.25) is 4.99 Å². The lowest BCUT2D eigenvalue weighted by Crippen LogP contribution is -2.36. The van der Waals surface area contributed by atoms with Crippen molar-refractivity contribution in [1.82, 2.24) is 15.6 Å². The summed E-state index contributed by atoms with van der Waals surface area (Å²) in [6, 6.07) is 6.37. The molecule has 1 fully saturated rings. The second kappa shape index (κ2) is 9.83. The van der Waals surface area contributed by atoms with Crippen LogP contribution in [0.2, 0.25) is 0 Å². The number of halogens is 1. The topological polar surface area (TPSA) is 52.6 Å². The highest BCUT2D eigenvalue weighted by Gasteiger charge is 2.12. The SMILES string of the molecule is CN=C(NCc1ccc(N2CCCC2)nc1)NCc1ccsc1.I. The van der Waals surface area contributed by atoms with E-state index in [0.29, 0.717) is 0 Å². The van der Waals surface area contributed by atoms with E-state index in [9.17, 15) is 0 Å². The molecule has 0 amide bonds. The van der Waals surface area contributed by atoms with E-state index in [0.717, 1.165) is 43.5 Å². The van der Waals surface area contributed by atoms with Crippen LogP contribution in [0.3, 0.4) is 0 Å². The van der Waals surface area contributed by atoms with Gasteiger partial charge in [-0.1, -0.05) is 6.07 Å². The zero-order chi connectivity index (χ0) is 15.9. The number of guanidine groups is 1. The molecule has 7 heteroatoms. The predicted octanol–water partition coefficient (Wildman–Crippen LogP) is 3.23. The smallest absolute Gasteiger partial charge is 0.191 e. The van der Waals surface area contributed by atoms with Gasteiger partial charge in [0.2, 0.25) is 0 Å². The first-order valence-corrected chi connectivity index (χ1v) is 8.95. The van der Waals surface area contributed by atoms with Crippen LogP contribution in [0, 0.1) is 0 Å². The highest BCUT2D eigenvalue weighted by Crippen LogP contribution is 2.17. The summed E-state index contributed by atoms with van der Waals surface area (Å²) in [6.07, 6.45) is 4.50. The largest absolute Gasteiger partial charge is 0.357 e. The first kappa shape index (κ1) is 19.0. The van der Waals surface area contributed by atoms with E-state index in [2.05, 4.69) is 54.5 Å². The lowest BCUT2D eigenvalue weighted by Gasteiger charge is -2.16. The average Bonchev–Trinajstić information content (AvgIpc) is 3.29. The average molecular weight is 457 g/mol. The summed E-state index contributed by atoms with van der Waals surface area (Å²) in [5, 5.41) is 10.9. The molecule has 24 heavy (non-hydrogen) atoms. The Labute approximate surface area is 164 Å². The van der Waals surface area contributed by atoms with Crippen molar-refractivity contribution >= 4 is 47.1 Å². The van der Waals surface area contributed by atoms with Crippen LogP contribution in [-0.2, 0) is 13.1 Å². The Morgan fingerprint density at radius 3 is 2.50 bits per heavy atom. The number of nitrogens with one attached hydrogen (secondary N) is 2. The quantitative estimate of drug-likeness (QED) is 0.412. The van der Waals surface area contributed by atoms with Crippen LogP contribution in [-0.4, -0.2) is 31.1 Å². The highest BCUT2D eigenvalue weighted by atomic mass is 127. The van der Waals surface area contributed by atoms with Crippen molar-refractivity contribution in [3.05, 3.63) is 46.3 Å². The minimum atomic E-state index is 0. The summed E-state index contributed by atoms with van der Waals surface area (Å²) in [5.74, 6) is 1.89. The van der Waals surface area contributed by atoms with Gasteiger partial charge < -0.3 is 15.5 Å². The normalized spacial score (nSPS) is 14.4. The number of hydrogen-bond acceptors (Lipinski definition) is 4. The number of pyridine rings is 1. The van der Waals surface area contributed by atoms with E-state index < -0.39 is 0 Å². The Morgan fingerprint density at radius 2 is 1.92 bits per heavy atom. The fourth-order valence-electron chi connectivity index (χ4n) is 2.64. The Morgan fingerprint density at radius 1 is 1.17 bits per heavy atom. The number of aromatic nitrogens is 1. The fourth-order valence-corrected chi connectivity index (χ4v) is 3.31. The number of nitrogens with zero attached hydrogens (tertiary/aromatic N) is 3. The molecule has 2 aromatic rings. The van der Waals surface area contributed by atoms with Gasteiger partial charge in [0.05, 0.1) is 0 Å². The van der Waals surface area contributed by atoms with Crippen molar-refractivity contribution in [3.8, 4) is 0 Å². The molecule has 2 aromatic heterocycles. The third-order valence-corrected chi connectivity index (χ3v) is 4.69. The maximum absolute atomic E-state index is 4.58. The molecular formula is C17H24IN5S. The third kappa shape index (κ3) is 5.34. The van der Waals surface area contributed by atoms with Crippen LogP contribution < -0.4 is 15.5 Å². The summed E-state index contributed by atoms with van der Waals surface area (Å²) in [4.78, 5) is 11.2. The van der Waals surface area contributed by atoms with Crippen LogP contribution in [0.1, 0.15) is 24.0 Å². The van der Waals surface area contributed by atoms with Gasteiger partial charge in [0.15, 0.2) is 5.96 Å². The number of rotatable bonds is 5. The molecule has 3 heterocycles. The van der Waals surface area contributed by atoms with Crippen molar-refractivity contribution in [2.75, 3.05) is 25.0 Å². The number of thiophene rings is 1. The van der Waals surface area contributed by atoms with Gasteiger partial charge in [-0.05, 0) is 46.9 Å². The zero-order valence-corrected chi connectivity index (χ0v) is 17.0. The minimum absolute atomic E-state index is 0. The first-order valence-electron chi connectivity index (χ1n) is 8.00. The molecule has 1 aliphatic rings. The van der Waals surface area contributed by atoms with Crippen LogP contribution in [0.15, 0.2) is 40.1 Å². The molecule has 3 rings (SSSR count). The van der Waals surface area contributed by atoms with E-state index in [1.165, 1.54) is 18.4 Å². The third-order valence-electron chi connectivity index (χ3n) is 3.96. The van der Waals surface area contributed by atoms with Gasteiger partial charge in [0.25, 0.3) is 0 Å². The van der Waals surface area contributed by atoms with Gasteiger partial charge in [-0.15, -0.1) is 24.0 Å². The highest BCUT2D eigenvalue weighted by molar-refractivity contribution is 14.0. The summed E-state index contributed by atoms with van der Waals surface area (Å²) < 4.78 is 0. The fraction of sp³-hybridized carbons (Fsp3) is 0.412. The van der Waals surface area contributed by atoms with Crippen molar-refractivity contribution in [2.45, 2.75) is 25.9 Å². The van der Waals surface area contributed by atoms with Crippen LogP contribution in [0.5, 0.6) is 0 Å². The molecule has 130 valence electrons. The molecule has 0 radical (unpaired) electrons. The molecule has 0 saturated carbocycles. The predicted molar refractivity (Wildman–Crippen MR) is 112 cm³/mol. The van der Waals surface area contributed by atoms with E-state index in [-0.39, 0.29) is 24.0 Å². The molecular weight excluding hydrogens is 433 g/mol. The number of aliphatic imine (C=N–C) groups is 1. The van der Waals surface area contributed by atoms with E-state index in [4.69, 9.17) is 0 Å². The molecule has 0 unspecified atom stereocenters. The van der Waals surface area contributed by atoms with Crippen molar-refractivity contribution in [1.29, 1.82) is 0 Å². The van der Waals surface area contributed by atoms with Gasteiger partial charge in [0.1, 0.15) is 5.82 Å². The second-order valence-corrected chi connectivity index (χ2v) is 6.41. The monoisotopic (exact) mass is 457 g/mol. The maximum atomic E-state index is 4.58. The Bertz CT molecular complexity index is 621. The van der Waals surface area contributed by atoms with Gasteiger partial charge >= 0.3 is 0 Å². The lowest BCUT2D eigenvalue weighted by molar-refractivity contribution is 0.807. The molecule has 0 atom stereocenters. The van der Waals surface area contributed by atoms with E-state index in [1.54, 1.807) is 18.4 Å². The van der Waals surface area contributed by atoms with E-state index >= 15 is 0 Å². The van der Waals surface area contributed by atoms with Crippen molar-refractivity contribution < 1.29 is 0 Å². The number of anilines is 1. The molecule has 0 aromatic carbocycles. The number of hydrogen-bond donors (Lipinski definition) is 2. The molecule has 1 saturated heterocycles. The van der Waals surface area contributed by atoms with E-state index in [1.807, 2.05) is 6.20 Å². The minimum Gasteiger partial charge on any atom is -0.357 e. The maximum Gasteiger partial charge on any atom is 0.191 e. The Kier molecular flexibility index (Phi) is 7.77. The van der Waals surface area contributed by atoms with Crippen LogP contribution in [0.4, 0.5) is 5.82 Å². The summed E-state index contributed by atoms with van der Waals surface area (Å²) in [7, 11) is 1.79. The molecule has 2 N–H and O–H groups in total. The van der Waals surface area contributed by atoms with Gasteiger partial charge in [-0.2, -0.15) is 11.3 Å². The Hall–Kier alpha value is -1.35. The summed E-state index contributed by atoms with van der Waals surface area (Å²) in [6.45, 7) is 3.76. The molecule has 0 spiro atoms. The summed E-state index contributed by atoms with van der Waals surface area (Å²) in [5.41, 5.74) is 2.43. The summed E-state index contributed by atoms with van der Waals surface area (Å²) >= 11 is 1.71. The van der Waals surface area contributed by atoms with Gasteiger partial charge in [0, 0.05) is 39.4 Å². The van der Waals surface area contributed by atoms with Gasteiger partial charge in [-0.25, -0.2) is 4.98 Å². The molecule has 5 nitrogen and oxygen atoms in total. The first-order chi connectivity index (χ1) is 11.3.